The van der Waals surface area contributed by atoms with Gasteiger partial charge < -0.3 is 29.6 Å². The summed E-state index contributed by atoms with van der Waals surface area (Å²) in [5, 5.41) is 59.2. The molecule has 34 heteroatoms. The number of fused-ring (bicyclic) bond motifs is 6. The van der Waals surface area contributed by atoms with Crippen LogP contribution >= 0.6 is 12.4 Å². The Morgan fingerprint density at radius 3 is 1.50 bits per heavy atom. The first kappa shape index (κ1) is 87.7. The van der Waals surface area contributed by atoms with Gasteiger partial charge in [0.05, 0.1) is 63.6 Å². The lowest BCUT2D eigenvalue weighted by Gasteiger charge is -2.34. The van der Waals surface area contributed by atoms with Gasteiger partial charge in [0.25, 0.3) is 5.91 Å². The van der Waals surface area contributed by atoms with E-state index in [4.69, 9.17) is 25.2 Å². The van der Waals surface area contributed by atoms with Crippen molar-refractivity contribution in [1.29, 1.82) is 5.41 Å². The van der Waals surface area contributed by atoms with Crippen molar-refractivity contribution < 1.29 is 37.9 Å². The minimum atomic E-state index is -1.33. The van der Waals surface area contributed by atoms with Gasteiger partial charge in [-0.2, -0.15) is 20.4 Å². The normalized spacial score (nSPS) is 17.8. The Kier molecular flexibility index (Phi) is 22.1. The Balaban J connectivity index is 0.000000147. The number of carboxylic acid groups (broad SMARTS) is 2. The number of aromatic amines is 1. The van der Waals surface area contributed by atoms with Crippen LogP contribution in [-0.2, 0) is 50.9 Å². The number of aromatic carboxylic acids is 1. The van der Waals surface area contributed by atoms with E-state index in [1.165, 1.54) is 0 Å². The molecule has 674 valence electrons. The molecule has 4 aliphatic rings. The molecule has 6 aromatic carbocycles. The number of benzene rings is 6. The summed E-state index contributed by atoms with van der Waals surface area (Å²) in [5.41, 5.74) is 17.8. The average molecular weight is 1800 g/mol. The molecule has 2 aliphatic heterocycles. The third kappa shape index (κ3) is 14.3. The summed E-state index contributed by atoms with van der Waals surface area (Å²) in [5.74, 6) is -1.35. The number of nitrogens with one attached hydrogen (secondary N) is 4. The standard InChI is InChI=1S/C49H46FN11O4.C26H26FN7O.C23H24N4O4.ClH/c1-8-37-29(5)36(13-15-51-37)31-9-11-40-32(21-31)23-41(60(40)49(24-28(49)4)46-53-47(63)65-55-46)45(62)57-16-14-38-42(30(57)6)44(61(54-38)35-19-26(2)43(50)27(3)20-35)59-18-17-58(48(59)64)34-10-12-39-33(22-34)25-52-56(39)7;1-15-11-20(12-16(2)24(15)27)34-25(23-17(3)28-8-7-21(23)30-34)33-10-9-32(26(33)35)19-5-6-22-18(13-19)14-29-31(22)4;1-4-17-13(3)16(7-8-25-17)14-5-6-18-15(9-14)10-19(20(28)29)27(18)23(11-12(23)2)21(24)26-22(30)31;/h9-13,15,17-23,25,28,30H,8,14,16,24H2,1-7H3,(H,53,55,63);5-6,9-14,17,28H,7-8H2,1-4H3;5-10,12H,4,11H2,1-3H3,(H2,24,26)(H,28,29)(H,30,31);1H/t28-,30-,49-;17-;12-,23-;/m000./s1. The van der Waals surface area contributed by atoms with Crippen molar-refractivity contribution >= 4 is 79.8 Å². The second-order valence-corrected chi connectivity index (χ2v) is 35.0. The number of rotatable bonds is 16. The number of aryl methyl sites for hydroxylation is 8. The fraction of sp³-hybridized carbons (Fsp3) is 0.286. The summed E-state index contributed by atoms with van der Waals surface area (Å²) in [6.07, 6.45) is 16.7. The first-order valence-corrected chi connectivity index (χ1v) is 43.7. The number of aromatic nitrogens is 18. The maximum Gasteiger partial charge on any atom is 0.438 e. The van der Waals surface area contributed by atoms with Gasteiger partial charge in [0, 0.05) is 138 Å². The van der Waals surface area contributed by atoms with E-state index < -0.39 is 34.9 Å². The number of nitrogens with zero attached hydrogens (tertiary/aromatic N) is 18. The second kappa shape index (κ2) is 33.2. The van der Waals surface area contributed by atoms with Crippen LogP contribution in [-0.4, -0.2) is 139 Å². The zero-order valence-electron chi connectivity index (χ0n) is 75.1. The van der Waals surface area contributed by atoms with Crippen molar-refractivity contribution in [3.05, 3.63) is 299 Å². The summed E-state index contributed by atoms with van der Waals surface area (Å²) in [6.45, 7) is 24.3. The maximum absolute atomic E-state index is 15.6. The fourth-order valence-electron chi connectivity index (χ4n) is 20.1. The van der Waals surface area contributed by atoms with Crippen molar-refractivity contribution in [3.8, 4) is 56.6 Å². The molecule has 6 N–H and O–H groups in total. The highest BCUT2D eigenvalue weighted by Crippen LogP contribution is 2.57. The zero-order valence-corrected chi connectivity index (χ0v) is 75.9. The highest BCUT2D eigenvalue weighted by molar-refractivity contribution is 6.05. The molecule has 0 spiro atoms. The molecule has 0 bridgehead atoms. The number of hydrogen-bond acceptors (Lipinski definition) is 16. The molecule has 0 radical (unpaired) electrons. The number of halogens is 3. The van der Waals surface area contributed by atoms with E-state index in [2.05, 4.69) is 87.7 Å². The number of imidazole rings is 2. The largest absolute Gasteiger partial charge is 0.477 e. The summed E-state index contributed by atoms with van der Waals surface area (Å²) in [7, 11) is 3.76. The van der Waals surface area contributed by atoms with Gasteiger partial charge in [0.15, 0.2) is 5.82 Å². The Labute approximate surface area is 760 Å². The van der Waals surface area contributed by atoms with Gasteiger partial charge in [-0.25, -0.2) is 42.1 Å². The summed E-state index contributed by atoms with van der Waals surface area (Å²) in [4.78, 5) is 93.3. The van der Waals surface area contributed by atoms with E-state index in [9.17, 15) is 33.5 Å². The van der Waals surface area contributed by atoms with Gasteiger partial charge in [-0.05, 0) is 258 Å². The molecular weight excluding hydrogens is 1700 g/mol. The van der Waals surface area contributed by atoms with Crippen molar-refractivity contribution in [2.75, 3.05) is 13.1 Å². The van der Waals surface area contributed by atoms with Crippen LogP contribution in [0.5, 0.6) is 0 Å². The third-order valence-electron chi connectivity index (χ3n) is 27.1. The van der Waals surface area contributed by atoms with Gasteiger partial charge >= 0.3 is 29.2 Å². The van der Waals surface area contributed by atoms with Gasteiger partial charge in [0.2, 0.25) is 0 Å². The van der Waals surface area contributed by atoms with Crippen molar-refractivity contribution in [2.24, 2.45) is 25.9 Å². The van der Waals surface area contributed by atoms with Gasteiger partial charge in [-0.15, -0.1) is 12.4 Å². The van der Waals surface area contributed by atoms with E-state index in [0.717, 1.165) is 137 Å². The number of amidine groups is 1. The topological polar surface area (TPSA) is 362 Å². The van der Waals surface area contributed by atoms with Crippen LogP contribution in [0.15, 0.2) is 190 Å². The Morgan fingerprint density at radius 1 is 0.568 bits per heavy atom. The Morgan fingerprint density at radius 2 is 1.04 bits per heavy atom. The Bertz CT molecular complexity index is 7790. The van der Waals surface area contributed by atoms with E-state index in [1.54, 1.807) is 143 Å². The molecule has 2 saturated carbocycles. The van der Waals surface area contributed by atoms with Crippen LogP contribution in [0.4, 0.5) is 13.6 Å². The average Bonchev–Trinajstić information content (AvgIpc) is 1.52. The number of amides is 2. The minimum absolute atomic E-state index is 0. The molecular formula is C98H97ClF2N22O9. The molecule has 2 amide bonds. The summed E-state index contributed by atoms with van der Waals surface area (Å²) in [6, 6.07) is 37.4. The highest BCUT2D eigenvalue weighted by atomic mass is 35.5. The molecule has 6 atom stereocenters. The number of H-pyrrole nitrogens is 1. The monoisotopic (exact) mass is 1800 g/mol. The van der Waals surface area contributed by atoms with Crippen LogP contribution in [0.25, 0.3) is 100 Å². The fourth-order valence-corrected chi connectivity index (χ4v) is 20.1. The molecule has 132 heavy (non-hydrogen) atoms. The number of pyridine rings is 2. The molecule has 2 aliphatic carbocycles. The molecule has 31 nitrogen and oxygen atoms in total. The lowest BCUT2D eigenvalue weighted by molar-refractivity contribution is 0.0660. The van der Waals surface area contributed by atoms with Crippen LogP contribution in [0.3, 0.4) is 0 Å². The van der Waals surface area contributed by atoms with E-state index >= 15 is 9.18 Å². The number of carboxylic acids is 1. The first-order valence-electron chi connectivity index (χ1n) is 43.7. The molecule has 13 heterocycles. The number of carbonyl (C=O) groups is 3. The minimum Gasteiger partial charge on any atom is -0.477 e. The van der Waals surface area contributed by atoms with Crippen LogP contribution < -0.4 is 27.8 Å². The Hall–Kier alpha value is -15.0. The van der Waals surface area contributed by atoms with E-state index in [1.807, 2.05) is 129 Å². The van der Waals surface area contributed by atoms with Crippen LogP contribution in [0.1, 0.15) is 161 Å². The van der Waals surface area contributed by atoms with Crippen LogP contribution in [0, 0.1) is 70.4 Å². The third-order valence-corrected chi connectivity index (χ3v) is 27.1. The lowest BCUT2D eigenvalue weighted by Crippen LogP contribution is -2.42. The second-order valence-electron chi connectivity index (χ2n) is 35.0. The van der Waals surface area contributed by atoms with Gasteiger partial charge in [-0.1, -0.05) is 45.0 Å². The van der Waals surface area contributed by atoms with Crippen molar-refractivity contribution in [3.63, 3.8) is 0 Å². The number of hydrogen-bond donors (Lipinski definition) is 6. The van der Waals surface area contributed by atoms with Crippen molar-refractivity contribution in [2.45, 2.75) is 145 Å². The maximum atomic E-state index is 15.6. The molecule has 0 unspecified atom stereocenters. The molecule has 17 aromatic rings. The molecule has 11 aromatic heterocycles. The van der Waals surface area contributed by atoms with Crippen molar-refractivity contribution in [1.82, 2.24) is 102 Å². The van der Waals surface area contributed by atoms with Gasteiger partial charge in [-0.3, -0.25) is 62.6 Å². The summed E-state index contributed by atoms with van der Waals surface area (Å²) < 4.78 is 51.7. The first-order chi connectivity index (χ1) is 62.8. The molecule has 2 fully saturated rings. The molecule has 0 saturated heterocycles. The quantitative estimate of drug-likeness (QED) is 0.0386. The SMILES string of the molecule is CCc1nccc(-c2ccc3c(c2)cc(C(=O)N2CCc4nn(-c5cc(C)c(F)c(C)c5)c(-n5ccn(-c6ccc7c(cnn7C)c6)c5=O)c4[C@@H]2C)n3[C@@]2(c3noc(=O)[nH]3)C[C@@H]2C)c1C.CCc1nccc(-c2ccc3c(c2)cc(C(=O)O)n3[C@@]2(C(=N)NC(=O)O)C[C@@H]2C)c1C.Cc1cc(-n2nc3c(c2-n2ccn(-c4ccc5c(cnn5C)c4)c2=O)[C@H](C)NCC3)cc(C)c1F.Cl. The summed E-state index contributed by atoms with van der Waals surface area (Å²) >= 11 is 0. The van der Waals surface area contributed by atoms with Gasteiger partial charge in [0.1, 0.15) is 51.6 Å². The van der Waals surface area contributed by atoms with E-state index in [-0.39, 0.29) is 70.7 Å². The molecule has 21 rings (SSSR count). The predicted molar refractivity (Wildman–Crippen MR) is 499 cm³/mol. The van der Waals surface area contributed by atoms with Crippen LogP contribution in [0.2, 0.25) is 0 Å². The predicted octanol–water partition coefficient (Wildman–Crippen LogP) is 15.9. The van der Waals surface area contributed by atoms with E-state index in [0.29, 0.717) is 93.7 Å². The smallest absolute Gasteiger partial charge is 0.438 e. The highest BCUT2D eigenvalue weighted by Gasteiger charge is 2.60. The lowest BCUT2D eigenvalue weighted by atomic mass is 9.98. The number of carbonyl (C=O) groups excluding carboxylic acids is 1. The zero-order chi connectivity index (χ0) is 92.1.